The van der Waals surface area contributed by atoms with Gasteiger partial charge < -0.3 is 20.5 Å². The molecule has 0 aliphatic heterocycles. The van der Waals surface area contributed by atoms with E-state index in [9.17, 15) is 9.59 Å². The highest BCUT2D eigenvalue weighted by Crippen LogP contribution is 2.43. The van der Waals surface area contributed by atoms with Crippen LogP contribution < -0.4 is 20.5 Å². The van der Waals surface area contributed by atoms with E-state index in [1.54, 1.807) is 20.4 Å². The number of aryl methyl sites for hydroxylation is 1. The summed E-state index contributed by atoms with van der Waals surface area (Å²) in [5.41, 5.74) is 10.5. The van der Waals surface area contributed by atoms with Crippen LogP contribution in [0.2, 0.25) is 0 Å². The normalized spacial score (nSPS) is 24.4. The SMILES string of the molecule is COc1ncc(-c2cccc(C3CC(C(=O)NC[C@H]4CC[C@H](c5ccc(OC)c(C)c5)CC4)CCC3C(N)=O)c2)s1. The molecule has 3 N–H and O–H groups in total. The van der Waals surface area contributed by atoms with Gasteiger partial charge in [0.05, 0.1) is 19.1 Å². The van der Waals surface area contributed by atoms with Crippen LogP contribution in [-0.2, 0) is 9.59 Å². The highest BCUT2D eigenvalue weighted by atomic mass is 32.1. The standard InChI is InChI=1S/C33H41N3O4S/c1-20-15-23(12-14-29(20)39-2)22-9-7-21(8-10-22)18-35-32(38)26-11-13-27(31(34)37)28(17-26)24-5-4-6-25(16-24)30-19-36-33(40-3)41-30/h4-6,12,14-16,19,21-22,26-28H,7-11,13,17-18H2,1-3H3,(H2,34,37)(H,35,38)/t21-,22-,26?,27?,28?. The molecule has 41 heavy (non-hydrogen) atoms. The summed E-state index contributed by atoms with van der Waals surface area (Å²) in [5, 5.41) is 3.88. The van der Waals surface area contributed by atoms with Crippen molar-refractivity contribution in [2.24, 2.45) is 23.5 Å². The van der Waals surface area contributed by atoms with Gasteiger partial charge in [-0.15, -0.1) is 0 Å². The van der Waals surface area contributed by atoms with E-state index in [1.807, 2.05) is 18.2 Å². The Morgan fingerprint density at radius 2 is 1.80 bits per heavy atom. The highest BCUT2D eigenvalue weighted by molar-refractivity contribution is 7.16. The lowest BCUT2D eigenvalue weighted by Crippen LogP contribution is -2.41. The molecule has 2 aliphatic carbocycles. The number of carbonyl (C=O) groups is 2. The summed E-state index contributed by atoms with van der Waals surface area (Å²) in [6.45, 7) is 2.82. The minimum absolute atomic E-state index is 0.0878. The van der Waals surface area contributed by atoms with E-state index < -0.39 is 0 Å². The Hall–Kier alpha value is -3.39. The molecule has 5 rings (SSSR count). The number of ether oxygens (including phenoxy) is 2. The molecule has 1 heterocycles. The second-order valence-corrected chi connectivity index (χ2v) is 12.6. The molecule has 0 spiro atoms. The monoisotopic (exact) mass is 575 g/mol. The fourth-order valence-corrected chi connectivity index (χ4v) is 7.50. The molecule has 0 radical (unpaired) electrons. The molecule has 218 valence electrons. The number of amides is 2. The Bertz CT molecular complexity index is 1360. The largest absolute Gasteiger partial charge is 0.496 e. The molecule has 2 amide bonds. The van der Waals surface area contributed by atoms with Gasteiger partial charge in [0, 0.05) is 24.6 Å². The number of nitrogens with one attached hydrogen (secondary N) is 1. The molecule has 3 aromatic rings. The lowest BCUT2D eigenvalue weighted by Gasteiger charge is -2.35. The summed E-state index contributed by atoms with van der Waals surface area (Å²) in [6, 6.07) is 14.7. The van der Waals surface area contributed by atoms with Gasteiger partial charge in [-0.2, -0.15) is 0 Å². The van der Waals surface area contributed by atoms with Crippen molar-refractivity contribution in [2.45, 2.75) is 63.7 Å². The van der Waals surface area contributed by atoms with Crippen LogP contribution >= 0.6 is 11.3 Å². The average molecular weight is 576 g/mol. The number of nitrogens with two attached hydrogens (primary N) is 1. The summed E-state index contributed by atoms with van der Waals surface area (Å²) in [6.07, 6.45) is 8.24. The van der Waals surface area contributed by atoms with Gasteiger partial charge in [-0.1, -0.05) is 41.7 Å². The van der Waals surface area contributed by atoms with Gasteiger partial charge in [0.15, 0.2) is 0 Å². The number of methoxy groups -OCH3 is 2. The first-order chi connectivity index (χ1) is 19.9. The second kappa shape index (κ2) is 13.1. The molecule has 7 nitrogen and oxygen atoms in total. The molecule has 2 aliphatic rings. The number of nitrogens with zero attached hydrogens (tertiary/aromatic N) is 1. The first-order valence-corrected chi connectivity index (χ1v) is 15.5. The fraction of sp³-hybridized carbons (Fsp3) is 0.485. The molecular formula is C33H41N3O4S. The summed E-state index contributed by atoms with van der Waals surface area (Å²) in [4.78, 5) is 31.0. The molecule has 3 unspecified atom stereocenters. The van der Waals surface area contributed by atoms with Crippen LogP contribution in [0.25, 0.3) is 10.4 Å². The predicted octanol–water partition coefficient (Wildman–Crippen LogP) is 6.21. The number of hydrogen-bond donors (Lipinski definition) is 2. The molecule has 0 saturated heterocycles. The minimum atomic E-state index is -0.289. The first kappa shape index (κ1) is 29.1. The average Bonchev–Trinajstić information content (AvgIpc) is 3.49. The zero-order valence-electron chi connectivity index (χ0n) is 24.2. The number of rotatable bonds is 9. The zero-order valence-corrected chi connectivity index (χ0v) is 25.0. The number of primary amides is 1. The van der Waals surface area contributed by atoms with Crippen LogP contribution in [0.4, 0.5) is 0 Å². The predicted molar refractivity (Wildman–Crippen MR) is 162 cm³/mol. The Balaban J connectivity index is 1.18. The highest BCUT2D eigenvalue weighted by Gasteiger charge is 2.38. The van der Waals surface area contributed by atoms with Gasteiger partial charge in [0.1, 0.15) is 5.75 Å². The van der Waals surface area contributed by atoms with Gasteiger partial charge in [0.2, 0.25) is 11.8 Å². The third kappa shape index (κ3) is 6.75. The van der Waals surface area contributed by atoms with E-state index in [0.717, 1.165) is 54.0 Å². The van der Waals surface area contributed by atoms with Crippen LogP contribution in [0.1, 0.15) is 73.5 Å². The maximum atomic E-state index is 13.3. The Morgan fingerprint density at radius 3 is 2.49 bits per heavy atom. The summed E-state index contributed by atoms with van der Waals surface area (Å²) < 4.78 is 10.7. The molecule has 3 atom stereocenters. The van der Waals surface area contributed by atoms with Gasteiger partial charge in [-0.3, -0.25) is 9.59 Å². The van der Waals surface area contributed by atoms with Gasteiger partial charge in [0.25, 0.3) is 5.19 Å². The van der Waals surface area contributed by atoms with Crippen molar-refractivity contribution in [1.82, 2.24) is 10.3 Å². The molecule has 2 saturated carbocycles. The quantitative estimate of drug-likeness (QED) is 0.316. The number of benzene rings is 2. The maximum Gasteiger partial charge on any atom is 0.273 e. The van der Waals surface area contributed by atoms with Crippen molar-refractivity contribution in [1.29, 1.82) is 0 Å². The first-order valence-electron chi connectivity index (χ1n) is 14.7. The Labute approximate surface area is 246 Å². The van der Waals surface area contributed by atoms with E-state index in [4.69, 9.17) is 15.2 Å². The molecule has 2 fully saturated rings. The number of thiazole rings is 1. The van der Waals surface area contributed by atoms with E-state index in [-0.39, 0.29) is 29.6 Å². The third-order valence-electron chi connectivity index (χ3n) is 9.15. The molecule has 2 aromatic carbocycles. The Kier molecular flexibility index (Phi) is 9.28. The van der Waals surface area contributed by atoms with Crippen molar-refractivity contribution in [3.8, 4) is 21.4 Å². The van der Waals surface area contributed by atoms with Crippen LogP contribution in [0, 0.1) is 24.7 Å². The summed E-state index contributed by atoms with van der Waals surface area (Å²) in [5.74, 6) is 1.33. The second-order valence-electron chi connectivity index (χ2n) is 11.6. The van der Waals surface area contributed by atoms with E-state index >= 15 is 0 Å². The van der Waals surface area contributed by atoms with E-state index in [0.29, 0.717) is 36.3 Å². The number of aromatic nitrogens is 1. The van der Waals surface area contributed by atoms with Crippen molar-refractivity contribution in [3.05, 3.63) is 65.4 Å². The van der Waals surface area contributed by atoms with Crippen LogP contribution in [0.15, 0.2) is 48.7 Å². The Morgan fingerprint density at radius 1 is 1.00 bits per heavy atom. The molecule has 0 bridgehead atoms. The third-order valence-corrected chi connectivity index (χ3v) is 10.2. The number of carbonyl (C=O) groups excluding carboxylic acids is 2. The summed E-state index contributed by atoms with van der Waals surface area (Å²) in [7, 11) is 3.32. The summed E-state index contributed by atoms with van der Waals surface area (Å²) >= 11 is 1.48. The zero-order chi connectivity index (χ0) is 28.9. The van der Waals surface area contributed by atoms with Crippen LogP contribution in [-0.4, -0.2) is 37.6 Å². The molecular weight excluding hydrogens is 534 g/mol. The van der Waals surface area contributed by atoms with Gasteiger partial charge >= 0.3 is 0 Å². The smallest absolute Gasteiger partial charge is 0.273 e. The van der Waals surface area contributed by atoms with Crippen molar-refractivity contribution in [2.75, 3.05) is 20.8 Å². The lowest BCUT2D eigenvalue weighted by atomic mass is 9.70. The van der Waals surface area contributed by atoms with Crippen molar-refractivity contribution >= 4 is 23.2 Å². The van der Waals surface area contributed by atoms with Crippen LogP contribution in [0.3, 0.4) is 0 Å². The van der Waals surface area contributed by atoms with Crippen molar-refractivity contribution < 1.29 is 19.1 Å². The maximum absolute atomic E-state index is 13.3. The lowest BCUT2D eigenvalue weighted by molar-refractivity contribution is -0.130. The molecule has 8 heteroatoms. The van der Waals surface area contributed by atoms with Crippen LogP contribution in [0.5, 0.6) is 10.9 Å². The van der Waals surface area contributed by atoms with E-state index in [1.165, 1.54) is 22.5 Å². The minimum Gasteiger partial charge on any atom is -0.496 e. The van der Waals surface area contributed by atoms with Gasteiger partial charge in [-0.05, 0) is 104 Å². The van der Waals surface area contributed by atoms with E-state index in [2.05, 4.69) is 41.5 Å². The topological polar surface area (TPSA) is 104 Å². The van der Waals surface area contributed by atoms with Gasteiger partial charge in [-0.25, -0.2) is 4.98 Å². The fourth-order valence-electron chi connectivity index (χ4n) is 6.77. The number of hydrogen-bond acceptors (Lipinski definition) is 6. The van der Waals surface area contributed by atoms with Crippen molar-refractivity contribution in [3.63, 3.8) is 0 Å². The molecule has 1 aromatic heterocycles.